The highest BCUT2D eigenvalue weighted by molar-refractivity contribution is 5.96. The number of nitrogens with one attached hydrogen (secondary N) is 2. The quantitative estimate of drug-likeness (QED) is 0.709. The summed E-state index contributed by atoms with van der Waals surface area (Å²) in [5, 5.41) is 14.6. The molecule has 1 unspecified atom stereocenters. The maximum absolute atomic E-state index is 12.5. The molecule has 132 valence electrons. The van der Waals surface area contributed by atoms with Crippen LogP contribution in [0.3, 0.4) is 0 Å². The van der Waals surface area contributed by atoms with Crippen molar-refractivity contribution >= 4 is 23.2 Å². The SMILES string of the molecule is CC(=O)Nc1cccc(NC(=O)C(C)N2CCN(CCO)CC2)c1. The average molecular weight is 334 g/mol. The Morgan fingerprint density at radius 1 is 1.17 bits per heavy atom. The first kappa shape index (κ1) is 18.4. The van der Waals surface area contributed by atoms with E-state index < -0.39 is 0 Å². The lowest BCUT2D eigenvalue weighted by atomic mass is 10.2. The van der Waals surface area contributed by atoms with E-state index in [9.17, 15) is 9.59 Å². The van der Waals surface area contributed by atoms with Gasteiger partial charge in [0.15, 0.2) is 0 Å². The molecule has 3 N–H and O–H groups in total. The number of aliphatic hydroxyl groups excluding tert-OH is 1. The third kappa shape index (κ3) is 5.30. The second kappa shape index (κ2) is 8.77. The fourth-order valence-electron chi connectivity index (χ4n) is 2.81. The van der Waals surface area contributed by atoms with E-state index in [1.165, 1.54) is 6.92 Å². The Hall–Kier alpha value is -1.96. The second-order valence-corrected chi connectivity index (χ2v) is 6.03. The van der Waals surface area contributed by atoms with Gasteiger partial charge in [-0.25, -0.2) is 0 Å². The van der Waals surface area contributed by atoms with Crippen LogP contribution >= 0.6 is 0 Å². The van der Waals surface area contributed by atoms with E-state index in [0.717, 1.165) is 26.2 Å². The van der Waals surface area contributed by atoms with Crippen molar-refractivity contribution < 1.29 is 14.7 Å². The Morgan fingerprint density at radius 3 is 2.38 bits per heavy atom. The van der Waals surface area contributed by atoms with Crippen LogP contribution in [0.15, 0.2) is 24.3 Å². The molecule has 0 saturated carbocycles. The lowest BCUT2D eigenvalue weighted by Gasteiger charge is -2.37. The highest BCUT2D eigenvalue weighted by atomic mass is 16.3. The molecule has 1 fully saturated rings. The predicted octanol–water partition coefficient (Wildman–Crippen LogP) is 0.582. The van der Waals surface area contributed by atoms with Gasteiger partial charge in [-0.15, -0.1) is 0 Å². The van der Waals surface area contributed by atoms with Crippen molar-refractivity contribution in [1.82, 2.24) is 9.80 Å². The smallest absolute Gasteiger partial charge is 0.241 e. The van der Waals surface area contributed by atoms with Crippen LogP contribution in [-0.2, 0) is 9.59 Å². The first-order chi connectivity index (χ1) is 11.5. The minimum absolute atomic E-state index is 0.0643. The molecule has 2 amide bonds. The van der Waals surface area contributed by atoms with Crippen molar-refractivity contribution in [2.45, 2.75) is 19.9 Å². The van der Waals surface area contributed by atoms with Crippen LogP contribution < -0.4 is 10.6 Å². The van der Waals surface area contributed by atoms with Crippen LogP contribution in [0.2, 0.25) is 0 Å². The van der Waals surface area contributed by atoms with Crippen molar-refractivity contribution in [3.63, 3.8) is 0 Å². The summed E-state index contributed by atoms with van der Waals surface area (Å²) in [6.07, 6.45) is 0. The molecule has 0 aromatic heterocycles. The molecule has 7 heteroatoms. The maximum Gasteiger partial charge on any atom is 0.241 e. The van der Waals surface area contributed by atoms with Crippen molar-refractivity contribution in [1.29, 1.82) is 0 Å². The Labute approximate surface area is 142 Å². The van der Waals surface area contributed by atoms with Crippen LogP contribution in [0.25, 0.3) is 0 Å². The van der Waals surface area contributed by atoms with Gasteiger partial charge < -0.3 is 15.7 Å². The maximum atomic E-state index is 12.5. The molecule has 1 aromatic carbocycles. The molecule has 1 heterocycles. The molecule has 0 radical (unpaired) electrons. The van der Waals surface area contributed by atoms with Gasteiger partial charge in [0.25, 0.3) is 0 Å². The van der Waals surface area contributed by atoms with Gasteiger partial charge in [0.2, 0.25) is 11.8 Å². The van der Waals surface area contributed by atoms with Crippen molar-refractivity contribution in [2.75, 3.05) is 50.0 Å². The number of piperazine rings is 1. The summed E-state index contributed by atoms with van der Waals surface area (Å²) in [5.41, 5.74) is 1.32. The normalized spacial score (nSPS) is 17.3. The Balaban J connectivity index is 1.89. The topological polar surface area (TPSA) is 84.9 Å². The molecule has 0 spiro atoms. The van der Waals surface area contributed by atoms with E-state index in [-0.39, 0.29) is 24.5 Å². The average Bonchev–Trinajstić information content (AvgIpc) is 2.55. The standard InChI is InChI=1S/C17H26N4O3/c1-13(21-8-6-20(7-9-21)10-11-22)17(24)19-16-5-3-4-15(12-16)18-14(2)23/h3-5,12-13,22H,6-11H2,1-2H3,(H,18,23)(H,19,24). The second-order valence-electron chi connectivity index (χ2n) is 6.03. The molecule has 0 bridgehead atoms. The molecular formula is C17H26N4O3. The van der Waals surface area contributed by atoms with Gasteiger partial charge in [0.1, 0.15) is 0 Å². The van der Waals surface area contributed by atoms with Crippen molar-refractivity contribution in [2.24, 2.45) is 0 Å². The van der Waals surface area contributed by atoms with Gasteiger partial charge in [-0.05, 0) is 25.1 Å². The van der Waals surface area contributed by atoms with Gasteiger partial charge in [-0.3, -0.25) is 19.4 Å². The zero-order valence-electron chi connectivity index (χ0n) is 14.3. The third-order valence-electron chi connectivity index (χ3n) is 4.20. The lowest BCUT2D eigenvalue weighted by molar-refractivity contribution is -0.121. The summed E-state index contributed by atoms with van der Waals surface area (Å²) in [6.45, 7) is 7.52. The number of β-amino-alcohol motifs (C(OH)–C–C–N with tert-alkyl or cyclic N) is 1. The van der Waals surface area contributed by atoms with Gasteiger partial charge >= 0.3 is 0 Å². The summed E-state index contributed by atoms with van der Waals surface area (Å²) >= 11 is 0. The number of nitrogens with zero attached hydrogens (tertiary/aromatic N) is 2. The molecule has 7 nitrogen and oxygen atoms in total. The number of benzene rings is 1. The number of amides is 2. The fourth-order valence-corrected chi connectivity index (χ4v) is 2.81. The van der Waals surface area contributed by atoms with E-state index >= 15 is 0 Å². The summed E-state index contributed by atoms with van der Waals surface area (Å²) < 4.78 is 0. The van der Waals surface area contributed by atoms with Crippen molar-refractivity contribution in [3.8, 4) is 0 Å². The van der Waals surface area contributed by atoms with Crippen LogP contribution in [0.4, 0.5) is 11.4 Å². The number of hydrogen-bond donors (Lipinski definition) is 3. The van der Waals surface area contributed by atoms with E-state index in [1.807, 2.05) is 6.92 Å². The molecule has 1 atom stereocenters. The molecular weight excluding hydrogens is 308 g/mol. The fraction of sp³-hybridized carbons (Fsp3) is 0.529. The van der Waals surface area contributed by atoms with E-state index in [2.05, 4.69) is 20.4 Å². The zero-order valence-corrected chi connectivity index (χ0v) is 14.3. The Kier molecular flexibility index (Phi) is 6.72. The molecule has 24 heavy (non-hydrogen) atoms. The zero-order chi connectivity index (χ0) is 17.5. The van der Waals surface area contributed by atoms with E-state index in [4.69, 9.17) is 5.11 Å². The molecule has 1 aromatic rings. The first-order valence-electron chi connectivity index (χ1n) is 8.25. The highest BCUT2D eigenvalue weighted by Gasteiger charge is 2.25. The lowest BCUT2D eigenvalue weighted by Crippen LogP contribution is -2.53. The molecule has 1 aliphatic rings. The van der Waals surface area contributed by atoms with Crippen LogP contribution in [0.1, 0.15) is 13.8 Å². The minimum Gasteiger partial charge on any atom is -0.395 e. The predicted molar refractivity (Wildman–Crippen MR) is 93.9 cm³/mol. The number of carbonyl (C=O) groups is 2. The van der Waals surface area contributed by atoms with Gasteiger partial charge in [-0.1, -0.05) is 6.07 Å². The van der Waals surface area contributed by atoms with Crippen LogP contribution in [0, 0.1) is 0 Å². The number of hydrogen-bond acceptors (Lipinski definition) is 5. The molecule has 2 rings (SSSR count). The van der Waals surface area contributed by atoms with Crippen molar-refractivity contribution in [3.05, 3.63) is 24.3 Å². The van der Waals surface area contributed by atoms with E-state index in [1.54, 1.807) is 24.3 Å². The monoisotopic (exact) mass is 334 g/mol. The van der Waals surface area contributed by atoms with Gasteiger partial charge in [0.05, 0.1) is 12.6 Å². The highest BCUT2D eigenvalue weighted by Crippen LogP contribution is 2.16. The summed E-state index contributed by atoms with van der Waals surface area (Å²) in [4.78, 5) is 27.9. The molecule has 1 aliphatic heterocycles. The van der Waals surface area contributed by atoms with Gasteiger partial charge in [-0.2, -0.15) is 0 Å². The minimum atomic E-state index is -0.231. The largest absolute Gasteiger partial charge is 0.395 e. The van der Waals surface area contributed by atoms with Gasteiger partial charge in [0, 0.05) is 51.0 Å². The first-order valence-corrected chi connectivity index (χ1v) is 8.25. The molecule has 0 aliphatic carbocycles. The number of rotatable bonds is 6. The number of carbonyl (C=O) groups excluding carboxylic acids is 2. The Morgan fingerprint density at radius 2 is 1.79 bits per heavy atom. The molecule has 1 saturated heterocycles. The summed E-state index contributed by atoms with van der Waals surface area (Å²) in [6, 6.07) is 6.88. The van der Waals surface area contributed by atoms with Crippen LogP contribution in [-0.4, -0.2) is 72.1 Å². The van der Waals surface area contributed by atoms with E-state index in [0.29, 0.717) is 17.9 Å². The Bertz CT molecular complexity index is 571. The number of aliphatic hydroxyl groups is 1. The van der Waals surface area contributed by atoms with Crippen LogP contribution in [0.5, 0.6) is 0 Å². The number of anilines is 2. The summed E-state index contributed by atoms with van der Waals surface area (Å²) in [7, 11) is 0. The third-order valence-corrected chi connectivity index (χ3v) is 4.20. The summed E-state index contributed by atoms with van der Waals surface area (Å²) in [5.74, 6) is -0.210.